The predicted octanol–water partition coefficient (Wildman–Crippen LogP) is 2.49. The van der Waals surface area contributed by atoms with Gasteiger partial charge in [0.15, 0.2) is 0 Å². The number of anilines is 1. The van der Waals surface area contributed by atoms with Crippen LogP contribution < -0.4 is 4.90 Å². The first-order chi connectivity index (χ1) is 14.6. The Bertz CT molecular complexity index is 1200. The largest absolute Gasteiger partial charge is 0.353 e. The molecular weight excluding hydrogens is 378 g/mol. The topological polar surface area (TPSA) is 71.6 Å². The SMILES string of the molecule is Cc1nc(N2CCN(C(=O)c3c(C)nc4ccccn34)CC2)cc(-n2cccc2)n1. The van der Waals surface area contributed by atoms with E-state index in [0.29, 0.717) is 18.8 Å². The fourth-order valence-corrected chi connectivity index (χ4v) is 3.98. The van der Waals surface area contributed by atoms with Gasteiger partial charge < -0.3 is 14.4 Å². The molecule has 0 aromatic carbocycles. The maximum atomic E-state index is 13.2. The molecule has 1 saturated heterocycles. The minimum atomic E-state index is 0.0257. The summed E-state index contributed by atoms with van der Waals surface area (Å²) in [6.07, 6.45) is 5.84. The molecule has 4 aromatic rings. The Morgan fingerprint density at radius 1 is 0.867 bits per heavy atom. The Hall–Kier alpha value is -3.68. The number of carbonyl (C=O) groups is 1. The number of piperazine rings is 1. The molecule has 8 heteroatoms. The van der Waals surface area contributed by atoms with Gasteiger partial charge in [-0.25, -0.2) is 15.0 Å². The Morgan fingerprint density at radius 3 is 2.33 bits per heavy atom. The highest BCUT2D eigenvalue weighted by Gasteiger charge is 2.27. The maximum absolute atomic E-state index is 13.2. The number of fused-ring (bicyclic) bond motifs is 1. The molecule has 0 N–H and O–H groups in total. The van der Waals surface area contributed by atoms with E-state index in [4.69, 9.17) is 0 Å². The van der Waals surface area contributed by atoms with Crippen LogP contribution in [-0.4, -0.2) is 60.9 Å². The minimum absolute atomic E-state index is 0.0257. The van der Waals surface area contributed by atoms with E-state index in [0.717, 1.165) is 41.9 Å². The number of amides is 1. The average Bonchev–Trinajstić information content (AvgIpc) is 3.40. The lowest BCUT2D eigenvalue weighted by atomic mass is 10.2. The summed E-state index contributed by atoms with van der Waals surface area (Å²) in [7, 11) is 0. The first-order valence-corrected chi connectivity index (χ1v) is 10.1. The van der Waals surface area contributed by atoms with Crippen LogP contribution >= 0.6 is 0 Å². The van der Waals surface area contributed by atoms with E-state index in [9.17, 15) is 4.79 Å². The number of aromatic nitrogens is 5. The van der Waals surface area contributed by atoms with Crippen LogP contribution in [-0.2, 0) is 0 Å². The molecule has 5 heterocycles. The summed E-state index contributed by atoms with van der Waals surface area (Å²) in [6, 6.07) is 11.7. The Labute approximate surface area is 174 Å². The van der Waals surface area contributed by atoms with Gasteiger partial charge in [0.05, 0.1) is 5.69 Å². The average molecular weight is 401 g/mol. The van der Waals surface area contributed by atoms with Crippen molar-refractivity contribution in [3.8, 4) is 5.82 Å². The molecule has 1 fully saturated rings. The number of pyridine rings is 1. The third-order valence-electron chi connectivity index (χ3n) is 5.48. The van der Waals surface area contributed by atoms with Gasteiger partial charge in [-0.05, 0) is 38.1 Å². The molecule has 0 atom stereocenters. The van der Waals surface area contributed by atoms with Crippen LogP contribution in [0.4, 0.5) is 5.82 Å². The lowest BCUT2D eigenvalue weighted by Gasteiger charge is -2.35. The van der Waals surface area contributed by atoms with E-state index in [-0.39, 0.29) is 5.91 Å². The number of hydrogen-bond acceptors (Lipinski definition) is 5. The number of carbonyl (C=O) groups excluding carboxylic acids is 1. The molecule has 0 bridgehead atoms. The molecule has 0 spiro atoms. The molecule has 5 rings (SSSR count). The molecule has 0 saturated carbocycles. The quantitative estimate of drug-likeness (QED) is 0.527. The van der Waals surface area contributed by atoms with Crippen LogP contribution in [0.1, 0.15) is 22.0 Å². The van der Waals surface area contributed by atoms with Crippen LogP contribution in [0.3, 0.4) is 0 Å². The van der Waals surface area contributed by atoms with E-state index in [1.165, 1.54) is 0 Å². The van der Waals surface area contributed by atoms with E-state index in [1.54, 1.807) is 0 Å². The van der Waals surface area contributed by atoms with Crippen LogP contribution in [0.5, 0.6) is 0 Å². The Morgan fingerprint density at radius 2 is 1.57 bits per heavy atom. The van der Waals surface area contributed by atoms with Crippen LogP contribution in [0, 0.1) is 13.8 Å². The summed E-state index contributed by atoms with van der Waals surface area (Å²) < 4.78 is 3.85. The smallest absolute Gasteiger partial charge is 0.272 e. The fraction of sp³-hybridized carbons (Fsp3) is 0.273. The van der Waals surface area contributed by atoms with Gasteiger partial charge >= 0.3 is 0 Å². The number of rotatable bonds is 3. The van der Waals surface area contributed by atoms with E-state index in [1.807, 2.05) is 82.7 Å². The first kappa shape index (κ1) is 18.4. The standard InChI is InChI=1S/C22H23N7O/c1-16-21(29-10-4-3-7-18(29)23-16)22(30)28-13-11-27(12-14-28)20-15-19(24-17(2)25-20)26-8-5-6-9-26/h3-10,15H,11-14H2,1-2H3. The number of hydrogen-bond donors (Lipinski definition) is 0. The van der Waals surface area contributed by atoms with Crippen molar-refractivity contribution >= 4 is 17.4 Å². The highest BCUT2D eigenvalue weighted by molar-refractivity contribution is 5.94. The summed E-state index contributed by atoms with van der Waals surface area (Å²) in [5.41, 5.74) is 2.20. The lowest BCUT2D eigenvalue weighted by Crippen LogP contribution is -2.49. The van der Waals surface area contributed by atoms with Crippen molar-refractivity contribution in [3.63, 3.8) is 0 Å². The molecule has 30 heavy (non-hydrogen) atoms. The lowest BCUT2D eigenvalue weighted by molar-refractivity contribution is 0.0738. The number of aryl methyl sites for hydroxylation is 2. The zero-order valence-corrected chi connectivity index (χ0v) is 17.1. The molecule has 1 aliphatic rings. The fourth-order valence-electron chi connectivity index (χ4n) is 3.98. The maximum Gasteiger partial charge on any atom is 0.272 e. The summed E-state index contributed by atoms with van der Waals surface area (Å²) in [5, 5.41) is 0. The van der Waals surface area contributed by atoms with Crippen molar-refractivity contribution in [1.82, 2.24) is 28.8 Å². The van der Waals surface area contributed by atoms with Crippen LogP contribution in [0.15, 0.2) is 55.0 Å². The molecule has 0 aliphatic carbocycles. The Balaban J connectivity index is 1.34. The summed E-state index contributed by atoms with van der Waals surface area (Å²) >= 11 is 0. The normalized spacial score (nSPS) is 14.5. The highest BCUT2D eigenvalue weighted by Crippen LogP contribution is 2.20. The van der Waals surface area contributed by atoms with Crippen molar-refractivity contribution in [2.24, 2.45) is 0 Å². The van der Waals surface area contributed by atoms with Crippen LogP contribution in [0.2, 0.25) is 0 Å². The molecule has 152 valence electrons. The second-order valence-corrected chi connectivity index (χ2v) is 7.48. The van der Waals surface area contributed by atoms with Gasteiger partial charge in [0.25, 0.3) is 5.91 Å². The monoisotopic (exact) mass is 401 g/mol. The van der Waals surface area contributed by atoms with E-state index in [2.05, 4.69) is 19.9 Å². The predicted molar refractivity (Wildman–Crippen MR) is 114 cm³/mol. The third kappa shape index (κ3) is 3.20. The first-order valence-electron chi connectivity index (χ1n) is 10.1. The molecule has 0 radical (unpaired) electrons. The Kier molecular flexibility index (Phi) is 4.46. The van der Waals surface area contributed by atoms with Crippen molar-refractivity contribution in [3.05, 3.63) is 72.2 Å². The minimum Gasteiger partial charge on any atom is -0.353 e. The zero-order chi connectivity index (χ0) is 20.7. The second kappa shape index (κ2) is 7.29. The van der Waals surface area contributed by atoms with Gasteiger partial charge in [0.1, 0.15) is 28.8 Å². The molecule has 1 aliphatic heterocycles. The van der Waals surface area contributed by atoms with Crippen molar-refractivity contribution < 1.29 is 4.79 Å². The molecular formula is C22H23N7O. The highest BCUT2D eigenvalue weighted by atomic mass is 16.2. The van der Waals surface area contributed by atoms with E-state index < -0.39 is 0 Å². The van der Waals surface area contributed by atoms with E-state index >= 15 is 0 Å². The van der Waals surface area contributed by atoms with Gasteiger partial charge in [0.2, 0.25) is 0 Å². The van der Waals surface area contributed by atoms with Gasteiger partial charge in [0, 0.05) is 50.8 Å². The zero-order valence-electron chi connectivity index (χ0n) is 17.1. The van der Waals surface area contributed by atoms with Crippen molar-refractivity contribution in [2.75, 3.05) is 31.1 Å². The summed E-state index contributed by atoms with van der Waals surface area (Å²) in [5.74, 6) is 2.50. The number of nitrogens with zero attached hydrogens (tertiary/aromatic N) is 7. The van der Waals surface area contributed by atoms with Crippen molar-refractivity contribution in [2.45, 2.75) is 13.8 Å². The second-order valence-electron chi connectivity index (χ2n) is 7.48. The van der Waals surface area contributed by atoms with Gasteiger partial charge in [-0.3, -0.25) is 9.20 Å². The van der Waals surface area contributed by atoms with Gasteiger partial charge in [-0.2, -0.15) is 0 Å². The van der Waals surface area contributed by atoms with Crippen LogP contribution in [0.25, 0.3) is 11.5 Å². The molecule has 8 nitrogen and oxygen atoms in total. The number of imidazole rings is 1. The third-order valence-corrected chi connectivity index (χ3v) is 5.48. The summed E-state index contributed by atoms with van der Waals surface area (Å²) in [6.45, 7) is 6.53. The molecule has 4 aromatic heterocycles. The molecule has 1 amide bonds. The van der Waals surface area contributed by atoms with Gasteiger partial charge in [-0.15, -0.1) is 0 Å². The van der Waals surface area contributed by atoms with Gasteiger partial charge in [-0.1, -0.05) is 6.07 Å². The summed E-state index contributed by atoms with van der Waals surface area (Å²) in [4.78, 5) is 31.0. The molecule has 0 unspecified atom stereocenters. The van der Waals surface area contributed by atoms with Crippen molar-refractivity contribution in [1.29, 1.82) is 0 Å².